The zero-order valence-electron chi connectivity index (χ0n) is 17.9. The van der Waals surface area contributed by atoms with Crippen molar-refractivity contribution in [3.63, 3.8) is 0 Å². The van der Waals surface area contributed by atoms with E-state index in [4.69, 9.17) is 21.1 Å². The number of hydrogen-bond donors (Lipinski definition) is 2. The molecule has 0 aliphatic heterocycles. The number of nitro groups is 1. The lowest BCUT2D eigenvalue weighted by atomic mass is 10.2. The molecule has 0 fully saturated rings. The quantitative estimate of drug-likeness (QED) is 0.269. The molecule has 2 amide bonds. The Hall–Kier alpha value is -4.44. The van der Waals surface area contributed by atoms with Crippen molar-refractivity contribution in [2.24, 2.45) is 5.10 Å². The third kappa shape index (κ3) is 6.53. The number of nitro benzene ring substituents is 1. The number of benzene rings is 3. The molecular formula is C23H19ClN4O6. The standard InChI is InChI=1S/C23H19ClN4O6/c1-33-21-5-3-2-4-19(21)26-22(29)14-34-20-11-6-15(12-18(20)24)13-25-27-23(30)16-7-9-17(10-8-16)28(31)32/h2-13H,14H2,1H3,(H,26,29)(H,27,30). The summed E-state index contributed by atoms with van der Waals surface area (Å²) in [6.07, 6.45) is 1.37. The number of carbonyl (C=O) groups is 2. The van der Waals surface area contributed by atoms with Crippen LogP contribution in [-0.2, 0) is 4.79 Å². The van der Waals surface area contributed by atoms with Crippen molar-refractivity contribution >= 4 is 41.0 Å². The molecule has 34 heavy (non-hydrogen) atoms. The Morgan fingerprint density at radius 1 is 1.09 bits per heavy atom. The zero-order valence-corrected chi connectivity index (χ0v) is 18.6. The number of halogens is 1. The molecule has 0 aliphatic carbocycles. The summed E-state index contributed by atoms with van der Waals surface area (Å²) in [7, 11) is 1.51. The maximum absolute atomic E-state index is 12.2. The van der Waals surface area contributed by atoms with Gasteiger partial charge in [0.05, 0.1) is 29.0 Å². The lowest BCUT2D eigenvalue weighted by Crippen LogP contribution is -2.20. The number of methoxy groups -OCH3 is 1. The molecule has 0 aliphatic rings. The van der Waals surface area contributed by atoms with Crippen LogP contribution in [-0.4, -0.2) is 36.7 Å². The molecule has 0 heterocycles. The summed E-state index contributed by atoms with van der Waals surface area (Å²) in [4.78, 5) is 34.4. The molecule has 3 rings (SSSR count). The Morgan fingerprint density at radius 2 is 1.82 bits per heavy atom. The number of nitrogens with one attached hydrogen (secondary N) is 2. The van der Waals surface area contributed by atoms with Crippen LogP contribution in [0.4, 0.5) is 11.4 Å². The second-order valence-corrected chi connectivity index (χ2v) is 7.14. The fourth-order valence-corrected chi connectivity index (χ4v) is 3.00. The Kier molecular flexibility index (Phi) is 8.14. The molecule has 2 N–H and O–H groups in total. The summed E-state index contributed by atoms with van der Waals surface area (Å²) >= 11 is 6.22. The Labute approximate surface area is 199 Å². The van der Waals surface area contributed by atoms with Gasteiger partial charge in [-0.2, -0.15) is 5.10 Å². The highest BCUT2D eigenvalue weighted by Gasteiger charge is 2.10. The predicted molar refractivity (Wildman–Crippen MR) is 127 cm³/mol. The minimum Gasteiger partial charge on any atom is -0.495 e. The molecule has 0 aromatic heterocycles. The molecule has 0 spiro atoms. The zero-order chi connectivity index (χ0) is 24.5. The number of carbonyl (C=O) groups excluding carboxylic acids is 2. The predicted octanol–water partition coefficient (Wildman–Crippen LogP) is 4.04. The smallest absolute Gasteiger partial charge is 0.271 e. The van der Waals surface area contributed by atoms with Gasteiger partial charge in [-0.05, 0) is 48.0 Å². The average molecular weight is 483 g/mol. The maximum atomic E-state index is 12.2. The maximum Gasteiger partial charge on any atom is 0.271 e. The molecule has 0 radical (unpaired) electrons. The number of para-hydroxylation sites is 2. The van der Waals surface area contributed by atoms with E-state index in [1.54, 1.807) is 42.5 Å². The number of ether oxygens (including phenoxy) is 2. The fraction of sp³-hybridized carbons (Fsp3) is 0.0870. The van der Waals surface area contributed by atoms with E-state index in [9.17, 15) is 19.7 Å². The first-order valence-corrected chi connectivity index (χ1v) is 10.2. The monoisotopic (exact) mass is 482 g/mol. The summed E-state index contributed by atoms with van der Waals surface area (Å²) in [5, 5.41) is 17.5. The molecule has 0 atom stereocenters. The number of hydrogen-bond acceptors (Lipinski definition) is 7. The Balaban J connectivity index is 1.53. The molecule has 0 saturated heterocycles. The summed E-state index contributed by atoms with van der Waals surface area (Å²) in [5.74, 6) is -0.0967. The lowest BCUT2D eigenvalue weighted by molar-refractivity contribution is -0.384. The lowest BCUT2D eigenvalue weighted by Gasteiger charge is -2.11. The molecule has 11 heteroatoms. The van der Waals surface area contributed by atoms with Gasteiger partial charge in [0.2, 0.25) is 0 Å². The van der Waals surface area contributed by atoms with Gasteiger partial charge >= 0.3 is 0 Å². The highest BCUT2D eigenvalue weighted by molar-refractivity contribution is 6.32. The Bertz CT molecular complexity index is 1230. The van der Waals surface area contributed by atoms with Gasteiger partial charge in [-0.15, -0.1) is 0 Å². The van der Waals surface area contributed by atoms with Crippen LogP contribution in [0.1, 0.15) is 15.9 Å². The normalized spacial score (nSPS) is 10.5. The highest BCUT2D eigenvalue weighted by atomic mass is 35.5. The van der Waals surface area contributed by atoms with E-state index in [0.29, 0.717) is 22.7 Å². The van der Waals surface area contributed by atoms with Crippen molar-refractivity contribution in [3.8, 4) is 11.5 Å². The third-order valence-electron chi connectivity index (χ3n) is 4.42. The molecule has 3 aromatic rings. The van der Waals surface area contributed by atoms with Crippen molar-refractivity contribution < 1.29 is 24.0 Å². The van der Waals surface area contributed by atoms with E-state index in [2.05, 4.69) is 15.8 Å². The first kappa shape index (κ1) is 24.2. The highest BCUT2D eigenvalue weighted by Crippen LogP contribution is 2.26. The number of nitrogens with zero attached hydrogens (tertiary/aromatic N) is 2. The van der Waals surface area contributed by atoms with Gasteiger partial charge < -0.3 is 14.8 Å². The number of amides is 2. The van der Waals surface area contributed by atoms with Crippen LogP contribution in [0, 0.1) is 10.1 Å². The molecule has 0 saturated carbocycles. The summed E-state index contributed by atoms with van der Waals surface area (Å²) in [6.45, 7) is -0.267. The SMILES string of the molecule is COc1ccccc1NC(=O)COc1ccc(C=NNC(=O)c2ccc([N+](=O)[O-])cc2)cc1Cl. The summed E-state index contributed by atoms with van der Waals surface area (Å²) in [6, 6.07) is 16.9. The van der Waals surface area contributed by atoms with E-state index in [0.717, 1.165) is 0 Å². The van der Waals surface area contributed by atoms with Gasteiger partial charge in [0.15, 0.2) is 6.61 Å². The van der Waals surface area contributed by atoms with Crippen molar-refractivity contribution in [2.45, 2.75) is 0 Å². The number of rotatable bonds is 9. The van der Waals surface area contributed by atoms with Gasteiger partial charge in [-0.25, -0.2) is 5.43 Å². The average Bonchev–Trinajstić information content (AvgIpc) is 2.83. The van der Waals surface area contributed by atoms with E-state index in [1.165, 1.54) is 37.6 Å². The van der Waals surface area contributed by atoms with E-state index >= 15 is 0 Å². The van der Waals surface area contributed by atoms with Crippen molar-refractivity contribution in [2.75, 3.05) is 19.0 Å². The molecule has 0 unspecified atom stereocenters. The van der Waals surface area contributed by atoms with Gasteiger partial charge in [-0.3, -0.25) is 19.7 Å². The van der Waals surface area contributed by atoms with Crippen molar-refractivity contribution in [3.05, 3.63) is 93.0 Å². The van der Waals surface area contributed by atoms with Crippen LogP contribution in [0.5, 0.6) is 11.5 Å². The van der Waals surface area contributed by atoms with Crippen LogP contribution >= 0.6 is 11.6 Å². The van der Waals surface area contributed by atoms with Gasteiger partial charge in [0.1, 0.15) is 11.5 Å². The number of anilines is 1. The summed E-state index contributed by atoms with van der Waals surface area (Å²) < 4.78 is 10.7. The third-order valence-corrected chi connectivity index (χ3v) is 4.71. The molecule has 10 nitrogen and oxygen atoms in total. The van der Waals surface area contributed by atoms with Crippen molar-refractivity contribution in [1.82, 2.24) is 5.43 Å². The van der Waals surface area contributed by atoms with Crippen molar-refractivity contribution in [1.29, 1.82) is 0 Å². The minimum absolute atomic E-state index is 0.116. The second-order valence-electron chi connectivity index (χ2n) is 6.73. The molecule has 0 bridgehead atoms. The van der Waals surface area contributed by atoms with E-state index < -0.39 is 10.8 Å². The first-order valence-electron chi connectivity index (χ1n) is 9.80. The summed E-state index contributed by atoms with van der Waals surface area (Å²) in [5.41, 5.74) is 3.52. The molecule has 174 valence electrons. The van der Waals surface area contributed by atoms with E-state index in [1.807, 2.05) is 0 Å². The topological polar surface area (TPSA) is 132 Å². The van der Waals surface area contributed by atoms with Crippen LogP contribution in [0.3, 0.4) is 0 Å². The number of non-ortho nitro benzene ring substituents is 1. The van der Waals surface area contributed by atoms with Crippen LogP contribution in [0.2, 0.25) is 5.02 Å². The van der Waals surface area contributed by atoms with E-state index in [-0.39, 0.29) is 28.8 Å². The second kappa shape index (κ2) is 11.4. The first-order chi connectivity index (χ1) is 16.4. The number of hydrazone groups is 1. The van der Waals surface area contributed by atoms with Gasteiger partial charge in [-0.1, -0.05) is 23.7 Å². The van der Waals surface area contributed by atoms with Crippen LogP contribution in [0.25, 0.3) is 0 Å². The minimum atomic E-state index is -0.552. The fourth-order valence-electron chi connectivity index (χ4n) is 2.76. The van der Waals surface area contributed by atoms with Crippen LogP contribution in [0.15, 0.2) is 71.8 Å². The van der Waals surface area contributed by atoms with Gasteiger partial charge in [0.25, 0.3) is 17.5 Å². The Morgan fingerprint density at radius 3 is 2.50 bits per heavy atom. The van der Waals surface area contributed by atoms with Gasteiger partial charge in [0, 0.05) is 17.7 Å². The largest absolute Gasteiger partial charge is 0.495 e. The molecular weight excluding hydrogens is 464 g/mol. The molecule has 3 aromatic carbocycles. The van der Waals surface area contributed by atoms with Crippen LogP contribution < -0.4 is 20.2 Å².